The van der Waals surface area contributed by atoms with Crippen LogP contribution in [-0.4, -0.2) is 21.2 Å². The van der Waals surface area contributed by atoms with Gasteiger partial charge in [0.05, 0.1) is 22.5 Å². The first-order valence-electron chi connectivity index (χ1n) is 9.75. The minimum absolute atomic E-state index is 0.316. The first kappa shape index (κ1) is 18.1. The topological polar surface area (TPSA) is 54.7 Å². The van der Waals surface area contributed by atoms with Gasteiger partial charge in [-0.05, 0) is 55.8 Å². The van der Waals surface area contributed by atoms with E-state index < -0.39 is 0 Å². The lowest BCUT2D eigenvalue weighted by atomic mass is 9.92. The summed E-state index contributed by atoms with van der Waals surface area (Å²) in [4.78, 5) is 32.7. The molecule has 5 nitrogen and oxygen atoms in total. The smallest absolute Gasteiger partial charge is 0.266 e. The van der Waals surface area contributed by atoms with Gasteiger partial charge >= 0.3 is 0 Å². The lowest BCUT2D eigenvalue weighted by Gasteiger charge is -2.28. The van der Waals surface area contributed by atoms with Crippen molar-refractivity contribution in [2.75, 3.05) is 4.90 Å². The van der Waals surface area contributed by atoms with Crippen molar-refractivity contribution in [3.8, 4) is 0 Å². The Labute approximate surface area is 173 Å². The summed E-state index contributed by atoms with van der Waals surface area (Å²) < 4.78 is 1.98. The second-order valence-electron chi connectivity index (χ2n) is 7.39. The van der Waals surface area contributed by atoms with E-state index in [9.17, 15) is 9.59 Å². The summed E-state index contributed by atoms with van der Waals surface area (Å²) in [7, 11) is 0. The van der Waals surface area contributed by atoms with Crippen LogP contribution in [0.15, 0.2) is 72.9 Å². The van der Waals surface area contributed by atoms with Gasteiger partial charge in [0, 0.05) is 17.3 Å². The fourth-order valence-corrected chi connectivity index (χ4v) is 3.96. The van der Waals surface area contributed by atoms with Crippen molar-refractivity contribution >= 4 is 34.7 Å². The van der Waals surface area contributed by atoms with E-state index >= 15 is 0 Å². The van der Waals surface area contributed by atoms with Crippen LogP contribution < -0.4 is 4.90 Å². The van der Waals surface area contributed by atoms with Gasteiger partial charge in [-0.3, -0.25) is 9.59 Å². The molecule has 2 aromatic heterocycles. The Morgan fingerprint density at radius 1 is 0.833 bits per heavy atom. The summed E-state index contributed by atoms with van der Waals surface area (Å²) in [5.41, 5.74) is 4.74. The van der Waals surface area contributed by atoms with Gasteiger partial charge in [-0.1, -0.05) is 36.4 Å². The Morgan fingerprint density at radius 2 is 1.60 bits per heavy atom. The van der Waals surface area contributed by atoms with Crippen molar-refractivity contribution < 1.29 is 9.59 Å². The van der Waals surface area contributed by atoms with Gasteiger partial charge in [0.2, 0.25) is 0 Å². The van der Waals surface area contributed by atoms with E-state index in [4.69, 9.17) is 0 Å². The Morgan fingerprint density at radius 3 is 2.40 bits per heavy atom. The number of carbonyl (C=O) groups excluding carboxylic acids is 2. The molecule has 30 heavy (non-hydrogen) atoms. The van der Waals surface area contributed by atoms with Crippen LogP contribution in [0, 0.1) is 13.8 Å². The van der Waals surface area contributed by atoms with E-state index in [2.05, 4.69) is 4.98 Å². The van der Waals surface area contributed by atoms with Crippen LogP contribution >= 0.6 is 0 Å². The summed E-state index contributed by atoms with van der Waals surface area (Å²) in [6.45, 7) is 3.86. The standard InChI is InChI=1S/C25H19N3O2/c1-16-8-7-9-18(14-16)28-24(29)20-11-4-3-10-19(20)21(25(28)30)15-22-23-12-5-6-13-27(23)17(2)26-22/h3-15H,1-2H3/b21-15+. The van der Waals surface area contributed by atoms with Crippen LogP contribution in [0.1, 0.15) is 33.0 Å². The number of carbonyl (C=O) groups is 2. The maximum absolute atomic E-state index is 13.6. The summed E-state index contributed by atoms with van der Waals surface area (Å²) in [6.07, 6.45) is 3.73. The van der Waals surface area contributed by atoms with Crippen LogP contribution in [0.25, 0.3) is 17.2 Å². The SMILES string of the molecule is Cc1cccc(N2C(=O)/C(=C/c3nc(C)n4ccccc34)c3ccccc3C2=O)c1. The molecule has 0 saturated heterocycles. The van der Waals surface area contributed by atoms with Gasteiger partial charge in [-0.15, -0.1) is 0 Å². The molecule has 0 bridgehead atoms. The molecule has 0 unspecified atom stereocenters. The average molecular weight is 393 g/mol. The molecule has 0 N–H and O–H groups in total. The molecule has 4 aromatic rings. The molecule has 0 radical (unpaired) electrons. The molecule has 1 aliphatic heterocycles. The summed E-state index contributed by atoms with van der Waals surface area (Å²) in [5, 5.41) is 0. The number of imide groups is 1. The highest BCUT2D eigenvalue weighted by atomic mass is 16.2. The molecular weight excluding hydrogens is 374 g/mol. The maximum Gasteiger partial charge on any atom is 0.266 e. The van der Waals surface area contributed by atoms with Crippen molar-refractivity contribution in [3.05, 3.63) is 101 Å². The summed E-state index contributed by atoms with van der Waals surface area (Å²) in [5.74, 6) is 0.170. The van der Waals surface area contributed by atoms with E-state index in [0.717, 1.165) is 16.9 Å². The fourth-order valence-electron chi connectivity index (χ4n) is 3.96. The van der Waals surface area contributed by atoms with Gasteiger partial charge in [0.1, 0.15) is 5.82 Å². The molecule has 0 saturated carbocycles. The van der Waals surface area contributed by atoms with Crippen LogP contribution in [-0.2, 0) is 4.79 Å². The Balaban J connectivity index is 1.74. The maximum atomic E-state index is 13.6. The number of nitrogens with zero attached hydrogens (tertiary/aromatic N) is 3. The summed E-state index contributed by atoms with van der Waals surface area (Å²) in [6, 6.07) is 20.5. The number of aryl methyl sites for hydroxylation is 2. The number of imidazole rings is 1. The van der Waals surface area contributed by atoms with E-state index in [1.165, 1.54) is 4.90 Å². The summed E-state index contributed by atoms with van der Waals surface area (Å²) >= 11 is 0. The molecular formula is C25H19N3O2. The van der Waals surface area contributed by atoms with Gasteiger partial charge in [-0.2, -0.15) is 0 Å². The number of pyridine rings is 1. The third-order valence-corrected chi connectivity index (χ3v) is 5.38. The number of anilines is 1. The molecule has 1 aliphatic rings. The van der Waals surface area contributed by atoms with Crippen molar-refractivity contribution in [2.24, 2.45) is 0 Å². The molecule has 2 aromatic carbocycles. The first-order chi connectivity index (χ1) is 14.5. The molecule has 0 spiro atoms. The van der Waals surface area contributed by atoms with Crippen molar-refractivity contribution in [1.82, 2.24) is 9.38 Å². The first-order valence-corrected chi connectivity index (χ1v) is 9.75. The highest BCUT2D eigenvalue weighted by molar-refractivity contribution is 6.43. The number of aromatic nitrogens is 2. The van der Waals surface area contributed by atoms with Crippen molar-refractivity contribution in [3.63, 3.8) is 0 Å². The average Bonchev–Trinajstić information content (AvgIpc) is 3.07. The highest BCUT2D eigenvalue weighted by Gasteiger charge is 2.36. The lowest BCUT2D eigenvalue weighted by molar-refractivity contribution is -0.112. The largest absolute Gasteiger partial charge is 0.303 e. The molecule has 0 fully saturated rings. The zero-order chi connectivity index (χ0) is 20.8. The molecule has 0 aliphatic carbocycles. The predicted octanol–water partition coefficient (Wildman–Crippen LogP) is 4.68. The Kier molecular flexibility index (Phi) is 4.10. The zero-order valence-electron chi connectivity index (χ0n) is 16.7. The van der Waals surface area contributed by atoms with Gasteiger partial charge < -0.3 is 4.40 Å². The number of rotatable bonds is 2. The number of hydrogen-bond acceptors (Lipinski definition) is 3. The fraction of sp³-hybridized carbons (Fsp3) is 0.0800. The number of benzene rings is 2. The predicted molar refractivity (Wildman–Crippen MR) is 117 cm³/mol. The molecule has 146 valence electrons. The molecule has 2 amide bonds. The van der Waals surface area contributed by atoms with Crippen molar-refractivity contribution in [2.45, 2.75) is 13.8 Å². The highest BCUT2D eigenvalue weighted by Crippen LogP contribution is 2.34. The van der Waals surface area contributed by atoms with Crippen LogP contribution in [0.5, 0.6) is 0 Å². The van der Waals surface area contributed by atoms with Gasteiger partial charge in [0.15, 0.2) is 0 Å². The van der Waals surface area contributed by atoms with E-state index in [1.807, 2.05) is 79.0 Å². The zero-order valence-corrected chi connectivity index (χ0v) is 16.7. The van der Waals surface area contributed by atoms with E-state index in [1.54, 1.807) is 18.2 Å². The Hall–Kier alpha value is -3.99. The third-order valence-electron chi connectivity index (χ3n) is 5.38. The third kappa shape index (κ3) is 2.75. The second kappa shape index (κ2) is 6.81. The number of hydrogen-bond donors (Lipinski definition) is 0. The molecule has 5 rings (SSSR count). The Bertz CT molecular complexity index is 1360. The normalized spacial score (nSPS) is 15.1. The van der Waals surface area contributed by atoms with E-state index in [0.29, 0.717) is 28.1 Å². The van der Waals surface area contributed by atoms with Gasteiger partial charge in [0.25, 0.3) is 11.8 Å². The minimum Gasteiger partial charge on any atom is -0.303 e. The molecule has 0 atom stereocenters. The minimum atomic E-state index is -0.348. The molecule has 3 heterocycles. The van der Waals surface area contributed by atoms with Gasteiger partial charge in [-0.25, -0.2) is 9.88 Å². The van der Waals surface area contributed by atoms with Crippen molar-refractivity contribution in [1.29, 1.82) is 0 Å². The number of amides is 2. The molecule has 5 heteroatoms. The van der Waals surface area contributed by atoms with Crippen LogP contribution in [0.3, 0.4) is 0 Å². The lowest BCUT2D eigenvalue weighted by Crippen LogP contribution is -2.41. The quantitative estimate of drug-likeness (QED) is 0.367. The van der Waals surface area contributed by atoms with Crippen LogP contribution in [0.2, 0.25) is 0 Å². The van der Waals surface area contributed by atoms with E-state index in [-0.39, 0.29) is 11.8 Å². The monoisotopic (exact) mass is 393 g/mol. The number of fused-ring (bicyclic) bond motifs is 2. The second-order valence-corrected chi connectivity index (χ2v) is 7.39. The van der Waals surface area contributed by atoms with Crippen LogP contribution in [0.4, 0.5) is 5.69 Å².